The molecule has 0 aliphatic carbocycles. The second kappa shape index (κ2) is 57.4. The number of nitrogens with zero attached hydrogens (tertiary/aromatic N) is 1. The third-order valence-electron chi connectivity index (χ3n) is 14.1. The first kappa shape index (κ1) is 75.2. The van der Waals surface area contributed by atoms with Gasteiger partial charge in [-0.3, -0.25) is 18.6 Å². The third-order valence-corrected chi connectivity index (χ3v) is 15.1. The zero-order valence-electron chi connectivity index (χ0n) is 51.6. The lowest BCUT2D eigenvalue weighted by Crippen LogP contribution is -2.47. The van der Waals surface area contributed by atoms with Crippen LogP contribution in [0.2, 0.25) is 0 Å². The Labute approximate surface area is 482 Å². The fraction of sp³-hybridized carbons (Fsp3) is 0.765. The average molecular weight is 1110 g/mol. The second-order valence-corrected chi connectivity index (χ2v) is 24.4. The first-order valence-electron chi connectivity index (χ1n) is 32.4. The van der Waals surface area contributed by atoms with Gasteiger partial charge in [0.1, 0.15) is 19.3 Å². The van der Waals surface area contributed by atoms with Crippen molar-refractivity contribution in [3.63, 3.8) is 0 Å². The highest BCUT2D eigenvalue weighted by Gasteiger charge is 2.30. The van der Waals surface area contributed by atoms with Gasteiger partial charge in [0.05, 0.1) is 33.8 Å². The summed E-state index contributed by atoms with van der Waals surface area (Å²) in [6, 6.07) is -0.861. The van der Waals surface area contributed by atoms with Crippen molar-refractivity contribution in [2.24, 2.45) is 0 Å². The molecule has 3 unspecified atom stereocenters. The molecule has 0 rings (SSSR count). The lowest BCUT2D eigenvalue weighted by atomic mass is 10.0. The molecule has 0 spiro atoms. The quantitative estimate of drug-likeness (QED) is 0.0205. The van der Waals surface area contributed by atoms with E-state index in [1.54, 1.807) is 0 Å². The molecule has 0 aliphatic rings. The summed E-state index contributed by atoms with van der Waals surface area (Å²) >= 11 is 0. The molecule has 0 bridgehead atoms. The lowest BCUT2D eigenvalue weighted by molar-refractivity contribution is -0.870. The molecule has 0 saturated carbocycles. The largest absolute Gasteiger partial charge is 0.472 e. The van der Waals surface area contributed by atoms with Crippen LogP contribution in [0.3, 0.4) is 0 Å². The minimum atomic E-state index is -4.46. The van der Waals surface area contributed by atoms with E-state index in [2.05, 4.69) is 99.0 Å². The van der Waals surface area contributed by atoms with E-state index in [1.807, 2.05) is 33.3 Å². The van der Waals surface area contributed by atoms with Gasteiger partial charge in [-0.05, 0) is 102 Å². The normalized spacial score (nSPS) is 14.2. The number of rotatable bonds is 58. The SMILES string of the molecule is CC/C=C/C/C=C/C/C=C/CCCCCCC(=O)OC(/C=C\CCCCCCCCCCC)C(COP(=O)(O)OCC[N+](C)(C)C)NC(=O)CCCCCCCCCCCCCCCC/C=C\C/C=C\C/C=C\CCCCC. The van der Waals surface area contributed by atoms with Gasteiger partial charge in [-0.2, -0.15) is 0 Å². The van der Waals surface area contributed by atoms with Crippen LogP contribution in [0, 0.1) is 0 Å². The maximum absolute atomic E-state index is 13.6. The number of esters is 1. The van der Waals surface area contributed by atoms with Gasteiger partial charge < -0.3 is 19.4 Å². The van der Waals surface area contributed by atoms with Gasteiger partial charge in [-0.25, -0.2) is 4.57 Å². The Morgan fingerprint density at radius 3 is 1.26 bits per heavy atom. The van der Waals surface area contributed by atoms with E-state index in [0.29, 0.717) is 23.9 Å². The summed E-state index contributed by atoms with van der Waals surface area (Å²) in [5, 5.41) is 3.05. The number of nitrogens with one attached hydrogen (secondary N) is 1. The van der Waals surface area contributed by atoms with E-state index in [9.17, 15) is 19.0 Å². The van der Waals surface area contributed by atoms with Gasteiger partial charge in [0.15, 0.2) is 0 Å². The van der Waals surface area contributed by atoms with Gasteiger partial charge >= 0.3 is 13.8 Å². The average Bonchev–Trinajstić information content (AvgIpc) is 3.40. The smallest absolute Gasteiger partial charge is 0.456 e. The van der Waals surface area contributed by atoms with Crippen molar-refractivity contribution in [2.75, 3.05) is 40.9 Å². The van der Waals surface area contributed by atoms with Crippen LogP contribution in [0.15, 0.2) is 85.1 Å². The van der Waals surface area contributed by atoms with Crippen molar-refractivity contribution in [1.29, 1.82) is 0 Å². The number of ether oxygens (including phenoxy) is 1. The molecule has 10 heteroatoms. The number of hydrogen-bond acceptors (Lipinski definition) is 6. The number of allylic oxidation sites excluding steroid dienone is 13. The summed E-state index contributed by atoms with van der Waals surface area (Å²) in [4.78, 5) is 37.7. The number of unbranched alkanes of at least 4 members (excludes halogenated alkanes) is 30. The van der Waals surface area contributed by atoms with Crippen LogP contribution in [0.5, 0.6) is 0 Å². The van der Waals surface area contributed by atoms with Crippen molar-refractivity contribution in [2.45, 2.75) is 296 Å². The number of amides is 1. The predicted molar refractivity (Wildman–Crippen MR) is 337 cm³/mol. The molecule has 0 fully saturated rings. The maximum atomic E-state index is 13.6. The molecule has 0 aromatic carbocycles. The predicted octanol–water partition coefficient (Wildman–Crippen LogP) is 20.2. The van der Waals surface area contributed by atoms with E-state index in [4.69, 9.17) is 13.8 Å². The molecule has 0 radical (unpaired) electrons. The van der Waals surface area contributed by atoms with Crippen LogP contribution < -0.4 is 5.32 Å². The molecule has 2 N–H and O–H groups in total. The van der Waals surface area contributed by atoms with E-state index in [1.165, 1.54) is 148 Å². The Balaban J connectivity index is 5.03. The topological polar surface area (TPSA) is 111 Å². The molecule has 0 aromatic heterocycles. The van der Waals surface area contributed by atoms with E-state index in [0.717, 1.165) is 96.3 Å². The summed E-state index contributed by atoms with van der Waals surface area (Å²) in [6.45, 7) is 6.86. The van der Waals surface area contributed by atoms with Crippen molar-refractivity contribution >= 4 is 19.7 Å². The Kier molecular flexibility index (Phi) is 55.4. The van der Waals surface area contributed by atoms with Crippen molar-refractivity contribution in [3.8, 4) is 0 Å². The fourth-order valence-corrected chi connectivity index (χ4v) is 9.82. The van der Waals surface area contributed by atoms with Gasteiger partial charge in [0.25, 0.3) is 0 Å². The number of hydrogen-bond donors (Lipinski definition) is 2. The first-order chi connectivity index (χ1) is 37.9. The van der Waals surface area contributed by atoms with E-state index in [-0.39, 0.29) is 31.5 Å². The number of carbonyl (C=O) groups is 2. The number of phosphoric ester groups is 1. The zero-order valence-corrected chi connectivity index (χ0v) is 52.5. The number of quaternary nitrogens is 1. The highest BCUT2D eigenvalue weighted by Crippen LogP contribution is 2.43. The molecule has 78 heavy (non-hydrogen) atoms. The fourth-order valence-electron chi connectivity index (χ4n) is 9.08. The van der Waals surface area contributed by atoms with Crippen LogP contribution in [0.25, 0.3) is 0 Å². The van der Waals surface area contributed by atoms with Crippen molar-refractivity contribution < 1.29 is 37.3 Å². The minimum Gasteiger partial charge on any atom is -0.456 e. The van der Waals surface area contributed by atoms with Gasteiger partial charge in [0, 0.05) is 12.8 Å². The van der Waals surface area contributed by atoms with Gasteiger partial charge in [-0.15, -0.1) is 0 Å². The summed E-state index contributed by atoms with van der Waals surface area (Å²) in [7, 11) is 1.48. The molecule has 1 amide bonds. The van der Waals surface area contributed by atoms with Gasteiger partial charge in [-0.1, -0.05) is 254 Å². The minimum absolute atomic E-state index is 0.0337. The maximum Gasteiger partial charge on any atom is 0.472 e. The molecule has 9 nitrogen and oxygen atoms in total. The lowest BCUT2D eigenvalue weighted by Gasteiger charge is -2.27. The van der Waals surface area contributed by atoms with Crippen LogP contribution in [-0.2, 0) is 27.9 Å². The summed E-state index contributed by atoms with van der Waals surface area (Å²) < 4.78 is 30.7. The standard InChI is InChI=1S/C68H123N2O7P/c1-7-10-13-16-19-22-25-27-29-30-31-32-33-34-35-36-37-38-39-40-41-42-45-48-51-54-57-60-67(71)69-65(64-76-78(73,74)75-63-62-70(4,5)6)66(59-56-53-50-47-44-24-21-18-15-12-9-3)77-68(72)61-58-55-52-49-46-43-28-26-23-20-17-14-11-8-2/h11,14,19-20,22-23,27-29,31-32,43,56,59,65-66H,7-10,12-13,15-18,21,24-26,30,33-42,44-55,57-58,60-64H2,1-6H3,(H-,69,71,73,74)/p+1/b14-11+,22-19-,23-20+,29-27-,32-31-,43-28+,59-56-. The molecule has 0 aliphatic heterocycles. The Hall–Kier alpha value is -2.81. The molecule has 452 valence electrons. The summed E-state index contributed by atoms with van der Waals surface area (Å²) in [5.74, 6) is -0.531. The molecular weight excluding hydrogens is 988 g/mol. The summed E-state index contributed by atoms with van der Waals surface area (Å²) in [5.41, 5.74) is 0. The van der Waals surface area contributed by atoms with Crippen LogP contribution in [0.1, 0.15) is 284 Å². The number of phosphoric acid groups is 1. The molecule has 0 aromatic rings. The Morgan fingerprint density at radius 2 is 0.821 bits per heavy atom. The van der Waals surface area contributed by atoms with Crippen molar-refractivity contribution in [3.05, 3.63) is 85.1 Å². The molecule has 0 saturated heterocycles. The first-order valence-corrected chi connectivity index (χ1v) is 33.9. The van der Waals surface area contributed by atoms with Gasteiger partial charge in [0.2, 0.25) is 5.91 Å². The Morgan fingerprint density at radius 1 is 0.462 bits per heavy atom. The highest BCUT2D eigenvalue weighted by molar-refractivity contribution is 7.47. The molecule has 3 atom stereocenters. The number of carbonyl (C=O) groups excluding carboxylic acids is 2. The highest BCUT2D eigenvalue weighted by atomic mass is 31.2. The van der Waals surface area contributed by atoms with E-state index < -0.39 is 20.0 Å². The van der Waals surface area contributed by atoms with Crippen molar-refractivity contribution in [1.82, 2.24) is 5.32 Å². The number of likely N-dealkylation sites (N-methyl/N-ethyl adjacent to an activating group) is 1. The van der Waals surface area contributed by atoms with Crippen LogP contribution in [0.4, 0.5) is 0 Å². The summed E-state index contributed by atoms with van der Waals surface area (Å²) in [6.07, 6.45) is 76.0. The van der Waals surface area contributed by atoms with Crippen LogP contribution in [-0.4, -0.2) is 74.3 Å². The third kappa shape index (κ3) is 57.9. The van der Waals surface area contributed by atoms with Crippen LogP contribution >= 0.6 is 7.82 Å². The molecule has 0 heterocycles. The Bertz CT molecular complexity index is 1610. The van der Waals surface area contributed by atoms with E-state index >= 15 is 0 Å². The molecular formula is C68H124N2O7P+. The zero-order chi connectivity index (χ0) is 57.2. The monoisotopic (exact) mass is 1110 g/mol. The second-order valence-electron chi connectivity index (χ2n) is 22.9.